The fourth-order valence-electron chi connectivity index (χ4n) is 2.17. The highest BCUT2D eigenvalue weighted by atomic mass is 16.5. The van der Waals surface area contributed by atoms with E-state index in [2.05, 4.69) is 17.2 Å². The van der Waals surface area contributed by atoms with E-state index in [1.807, 2.05) is 49.4 Å². The Morgan fingerprint density at radius 2 is 1.78 bits per heavy atom. The third-order valence-electron chi connectivity index (χ3n) is 3.47. The van der Waals surface area contributed by atoms with Crippen LogP contribution < -0.4 is 20.1 Å². The largest absolute Gasteiger partial charge is 0.491 e. The highest BCUT2D eigenvalue weighted by molar-refractivity contribution is 5.93. The molecule has 27 heavy (non-hydrogen) atoms. The molecule has 0 aliphatic heterocycles. The van der Waals surface area contributed by atoms with Gasteiger partial charge in [-0.2, -0.15) is 0 Å². The van der Waals surface area contributed by atoms with Gasteiger partial charge in [-0.05, 0) is 48.9 Å². The van der Waals surface area contributed by atoms with E-state index in [1.165, 1.54) is 0 Å². The van der Waals surface area contributed by atoms with Crippen LogP contribution in [0.15, 0.2) is 60.7 Å². The maximum atomic E-state index is 12.1. The molecule has 0 heterocycles. The van der Waals surface area contributed by atoms with Crippen molar-refractivity contribution in [3.8, 4) is 11.5 Å². The minimum atomic E-state index is -0.146. The van der Waals surface area contributed by atoms with E-state index < -0.39 is 0 Å². The van der Waals surface area contributed by atoms with Gasteiger partial charge in [0.1, 0.15) is 24.7 Å². The molecule has 6 nitrogen and oxygen atoms in total. The predicted octanol–water partition coefficient (Wildman–Crippen LogP) is 3.72. The van der Waals surface area contributed by atoms with Gasteiger partial charge in [0.25, 0.3) is 0 Å². The second-order valence-electron chi connectivity index (χ2n) is 6.04. The van der Waals surface area contributed by atoms with Gasteiger partial charge in [0, 0.05) is 24.6 Å². The Hall–Kier alpha value is -2.99. The standard InChI is InChI=1S/C21H26N2O4/c1-16(2)15-27-20-6-4-5-18(13-20)23-21(24)14-22-17-7-9-19(10-8-17)26-12-11-25-3/h4-10,13,22H,1,11-12,14-15H2,2-3H3,(H,23,24). The number of rotatable bonds is 11. The zero-order valence-electron chi connectivity index (χ0n) is 15.8. The van der Waals surface area contributed by atoms with Crippen LogP contribution in [-0.4, -0.2) is 39.4 Å². The number of methoxy groups -OCH3 is 1. The third-order valence-corrected chi connectivity index (χ3v) is 3.47. The van der Waals surface area contributed by atoms with Gasteiger partial charge in [0.2, 0.25) is 5.91 Å². The lowest BCUT2D eigenvalue weighted by atomic mass is 10.3. The van der Waals surface area contributed by atoms with Crippen LogP contribution in [0.5, 0.6) is 11.5 Å². The molecular weight excluding hydrogens is 344 g/mol. The molecule has 0 aliphatic rings. The second-order valence-corrected chi connectivity index (χ2v) is 6.04. The molecule has 2 aromatic rings. The Kier molecular flexibility index (Phi) is 8.19. The number of carbonyl (C=O) groups is 1. The molecular formula is C21H26N2O4. The summed E-state index contributed by atoms with van der Waals surface area (Å²) >= 11 is 0. The Bertz CT molecular complexity index is 744. The Labute approximate surface area is 160 Å². The van der Waals surface area contributed by atoms with Crippen molar-refractivity contribution >= 4 is 17.3 Å². The van der Waals surface area contributed by atoms with Crippen LogP contribution >= 0.6 is 0 Å². The highest BCUT2D eigenvalue weighted by Gasteiger charge is 2.04. The maximum Gasteiger partial charge on any atom is 0.243 e. The normalized spacial score (nSPS) is 10.1. The van der Waals surface area contributed by atoms with E-state index in [1.54, 1.807) is 13.2 Å². The number of amides is 1. The van der Waals surface area contributed by atoms with Crippen molar-refractivity contribution < 1.29 is 19.0 Å². The molecule has 0 saturated heterocycles. The number of hydrogen-bond donors (Lipinski definition) is 2. The number of carbonyl (C=O) groups excluding carboxylic acids is 1. The zero-order valence-corrected chi connectivity index (χ0v) is 15.8. The molecule has 0 unspecified atom stereocenters. The number of nitrogens with one attached hydrogen (secondary N) is 2. The van der Waals surface area contributed by atoms with Crippen molar-refractivity contribution in [2.24, 2.45) is 0 Å². The lowest BCUT2D eigenvalue weighted by Gasteiger charge is -2.11. The smallest absolute Gasteiger partial charge is 0.243 e. The summed E-state index contributed by atoms with van der Waals surface area (Å²) in [5.74, 6) is 1.30. The first-order chi connectivity index (χ1) is 13.1. The van der Waals surface area contributed by atoms with Crippen molar-refractivity contribution in [3.63, 3.8) is 0 Å². The molecule has 0 saturated carbocycles. The molecule has 1 amide bonds. The number of anilines is 2. The van der Waals surface area contributed by atoms with Crippen LogP contribution in [0.1, 0.15) is 6.92 Å². The lowest BCUT2D eigenvalue weighted by molar-refractivity contribution is -0.114. The van der Waals surface area contributed by atoms with Gasteiger partial charge in [0.05, 0.1) is 13.2 Å². The van der Waals surface area contributed by atoms with Crippen molar-refractivity contribution in [2.45, 2.75) is 6.92 Å². The monoisotopic (exact) mass is 370 g/mol. The average Bonchev–Trinajstić information content (AvgIpc) is 2.66. The van der Waals surface area contributed by atoms with Crippen molar-refractivity contribution in [3.05, 3.63) is 60.7 Å². The highest BCUT2D eigenvalue weighted by Crippen LogP contribution is 2.18. The predicted molar refractivity (Wildman–Crippen MR) is 108 cm³/mol. The summed E-state index contributed by atoms with van der Waals surface area (Å²) in [4.78, 5) is 12.1. The summed E-state index contributed by atoms with van der Waals surface area (Å²) in [6, 6.07) is 14.7. The first-order valence-corrected chi connectivity index (χ1v) is 8.69. The van der Waals surface area contributed by atoms with E-state index in [4.69, 9.17) is 14.2 Å². The van der Waals surface area contributed by atoms with Crippen molar-refractivity contribution in [2.75, 3.05) is 44.1 Å². The Morgan fingerprint density at radius 3 is 2.48 bits per heavy atom. The summed E-state index contributed by atoms with van der Waals surface area (Å²) in [7, 11) is 1.63. The SMILES string of the molecule is C=C(C)COc1cccc(NC(=O)CNc2ccc(OCCOC)cc2)c1. The van der Waals surface area contributed by atoms with Crippen molar-refractivity contribution in [1.82, 2.24) is 0 Å². The molecule has 0 atom stereocenters. The summed E-state index contributed by atoms with van der Waals surface area (Å²) in [5.41, 5.74) is 2.45. The number of hydrogen-bond acceptors (Lipinski definition) is 5. The van der Waals surface area contributed by atoms with E-state index in [-0.39, 0.29) is 12.5 Å². The molecule has 2 aromatic carbocycles. The lowest BCUT2D eigenvalue weighted by Crippen LogP contribution is -2.21. The van der Waals surface area contributed by atoms with Crippen LogP contribution in [0.3, 0.4) is 0 Å². The van der Waals surface area contributed by atoms with Gasteiger partial charge in [0.15, 0.2) is 0 Å². The van der Waals surface area contributed by atoms with E-state index in [0.717, 1.165) is 17.0 Å². The molecule has 144 valence electrons. The minimum Gasteiger partial charge on any atom is -0.491 e. The molecule has 0 aliphatic carbocycles. The van der Waals surface area contributed by atoms with Gasteiger partial charge in [-0.1, -0.05) is 12.6 Å². The molecule has 0 bridgehead atoms. The van der Waals surface area contributed by atoms with Crippen LogP contribution in [0.25, 0.3) is 0 Å². The first kappa shape index (κ1) is 20.3. The Balaban J connectivity index is 1.78. The van der Waals surface area contributed by atoms with Gasteiger partial charge < -0.3 is 24.8 Å². The van der Waals surface area contributed by atoms with Crippen molar-refractivity contribution in [1.29, 1.82) is 0 Å². The maximum absolute atomic E-state index is 12.1. The molecule has 0 radical (unpaired) electrons. The van der Waals surface area contributed by atoms with Crippen LogP contribution in [0.2, 0.25) is 0 Å². The van der Waals surface area contributed by atoms with Crippen LogP contribution in [0, 0.1) is 0 Å². The quantitative estimate of drug-likeness (QED) is 0.466. The topological polar surface area (TPSA) is 68.8 Å². The van der Waals surface area contributed by atoms with Gasteiger partial charge in [-0.3, -0.25) is 4.79 Å². The fraction of sp³-hybridized carbons (Fsp3) is 0.286. The summed E-state index contributed by atoms with van der Waals surface area (Å²) in [6.07, 6.45) is 0. The molecule has 0 aromatic heterocycles. The molecule has 6 heteroatoms. The number of ether oxygens (including phenoxy) is 3. The summed E-state index contributed by atoms with van der Waals surface area (Å²) < 4.78 is 16.0. The van der Waals surface area contributed by atoms with Gasteiger partial charge >= 0.3 is 0 Å². The first-order valence-electron chi connectivity index (χ1n) is 8.69. The van der Waals surface area contributed by atoms with E-state index >= 15 is 0 Å². The number of benzene rings is 2. The Morgan fingerprint density at radius 1 is 1.00 bits per heavy atom. The second kappa shape index (κ2) is 10.9. The summed E-state index contributed by atoms with van der Waals surface area (Å²) in [5, 5.41) is 5.92. The molecule has 2 rings (SSSR count). The van der Waals surface area contributed by atoms with Crippen LogP contribution in [-0.2, 0) is 9.53 Å². The summed E-state index contributed by atoms with van der Waals surface area (Å²) in [6.45, 7) is 7.34. The zero-order chi connectivity index (χ0) is 19.5. The van der Waals surface area contributed by atoms with Gasteiger partial charge in [-0.15, -0.1) is 0 Å². The molecule has 0 spiro atoms. The third kappa shape index (κ3) is 7.83. The minimum absolute atomic E-state index is 0.146. The van der Waals surface area contributed by atoms with E-state index in [9.17, 15) is 4.79 Å². The molecule has 0 fully saturated rings. The fourth-order valence-corrected chi connectivity index (χ4v) is 2.17. The molecule has 2 N–H and O–H groups in total. The van der Waals surface area contributed by atoms with Gasteiger partial charge in [-0.25, -0.2) is 0 Å². The van der Waals surface area contributed by atoms with Crippen LogP contribution in [0.4, 0.5) is 11.4 Å². The average molecular weight is 370 g/mol. The van der Waals surface area contributed by atoms with E-state index in [0.29, 0.717) is 31.3 Å².